The first-order valence-electron chi connectivity index (χ1n) is 7.05. The molecule has 1 rings (SSSR count). The Kier molecular flexibility index (Phi) is 7.58. The zero-order chi connectivity index (χ0) is 16.6. The van der Waals surface area contributed by atoms with E-state index in [1.807, 2.05) is 49.4 Å². The van der Waals surface area contributed by atoms with Gasteiger partial charge in [-0.15, -0.1) is 11.8 Å². The molecule has 1 N–H and O–H groups in total. The summed E-state index contributed by atoms with van der Waals surface area (Å²) in [4.78, 5) is 7.04. The van der Waals surface area contributed by atoms with Gasteiger partial charge >= 0.3 is 6.18 Å². The number of aliphatic imine (C=N–C) groups is 1. The van der Waals surface area contributed by atoms with E-state index in [0.29, 0.717) is 19.0 Å². The van der Waals surface area contributed by atoms with E-state index < -0.39 is 12.6 Å². The van der Waals surface area contributed by atoms with Crippen LogP contribution >= 0.6 is 11.8 Å². The normalized spacial score (nSPS) is 12.4. The van der Waals surface area contributed by atoms with Gasteiger partial charge in [0.1, 0.15) is 0 Å². The van der Waals surface area contributed by atoms with Crippen molar-refractivity contribution in [2.75, 3.05) is 26.4 Å². The summed E-state index contributed by atoms with van der Waals surface area (Å²) in [5.41, 5.74) is 1.08. The third-order valence-corrected chi connectivity index (χ3v) is 3.68. The van der Waals surface area contributed by atoms with Crippen LogP contribution in [0.4, 0.5) is 13.2 Å². The van der Waals surface area contributed by atoms with Crippen LogP contribution in [0.5, 0.6) is 0 Å². The Morgan fingerprint density at radius 2 is 1.91 bits per heavy atom. The molecule has 0 aliphatic carbocycles. The van der Waals surface area contributed by atoms with Crippen molar-refractivity contribution in [3.8, 4) is 0 Å². The van der Waals surface area contributed by atoms with Gasteiger partial charge in [-0.1, -0.05) is 12.1 Å². The molecule has 0 saturated heterocycles. The first-order valence-corrected chi connectivity index (χ1v) is 8.27. The predicted molar refractivity (Wildman–Crippen MR) is 86.3 cm³/mol. The number of alkyl halides is 3. The van der Waals surface area contributed by atoms with Crippen molar-refractivity contribution < 1.29 is 13.2 Å². The topological polar surface area (TPSA) is 27.6 Å². The standard InChI is InChI=1S/C15H22F3N3S/c1-4-19-14(20-10-9-15(16,17)18)21(2)11-12-5-7-13(22-3)8-6-12/h5-8H,4,9-11H2,1-3H3,(H,19,20). The van der Waals surface area contributed by atoms with Crippen molar-refractivity contribution in [3.63, 3.8) is 0 Å². The predicted octanol–water partition coefficient (Wildman–Crippen LogP) is 3.76. The van der Waals surface area contributed by atoms with Gasteiger partial charge in [0, 0.05) is 25.0 Å². The quantitative estimate of drug-likeness (QED) is 0.488. The second-order valence-electron chi connectivity index (χ2n) is 4.80. The van der Waals surface area contributed by atoms with Crippen molar-refractivity contribution in [1.29, 1.82) is 0 Å². The van der Waals surface area contributed by atoms with Gasteiger partial charge in [0.25, 0.3) is 0 Å². The number of rotatable bonds is 6. The fourth-order valence-corrected chi connectivity index (χ4v) is 2.25. The summed E-state index contributed by atoms with van der Waals surface area (Å²) in [6.07, 6.45) is -3.07. The van der Waals surface area contributed by atoms with Crippen molar-refractivity contribution in [1.82, 2.24) is 10.2 Å². The van der Waals surface area contributed by atoms with Crippen molar-refractivity contribution in [2.45, 2.75) is 31.0 Å². The molecule has 3 nitrogen and oxygen atoms in total. The molecule has 0 atom stereocenters. The molecule has 7 heteroatoms. The molecule has 0 spiro atoms. The van der Waals surface area contributed by atoms with Crippen molar-refractivity contribution >= 4 is 17.7 Å². The van der Waals surface area contributed by atoms with E-state index in [2.05, 4.69) is 10.3 Å². The van der Waals surface area contributed by atoms with Gasteiger partial charge in [0.15, 0.2) is 5.96 Å². The fraction of sp³-hybridized carbons (Fsp3) is 0.533. The van der Waals surface area contributed by atoms with Gasteiger partial charge in [-0.05, 0) is 30.9 Å². The van der Waals surface area contributed by atoms with Gasteiger partial charge in [-0.3, -0.25) is 4.99 Å². The van der Waals surface area contributed by atoms with Crippen LogP contribution in [0.2, 0.25) is 0 Å². The number of hydrogen-bond donors (Lipinski definition) is 1. The van der Waals surface area contributed by atoms with Crippen LogP contribution in [0.25, 0.3) is 0 Å². The van der Waals surface area contributed by atoms with E-state index >= 15 is 0 Å². The molecule has 0 aliphatic rings. The molecule has 22 heavy (non-hydrogen) atoms. The molecule has 1 aromatic carbocycles. The summed E-state index contributed by atoms with van der Waals surface area (Å²) in [5, 5.41) is 3.02. The van der Waals surface area contributed by atoms with Crippen LogP contribution in [-0.2, 0) is 6.54 Å². The van der Waals surface area contributed by atoms with E-state index in [1.165, 1.54) is 4.90 Å². The van der Waals surface area contributed by atoms with Crippen LogP contribution in [0.3, 0.4) is 0 Å². The van der Waals surface area contributed by atoms with Crippen LogP contribution < -0.4 is 5.32 Å². The molecule has 0 aromatic heterocycles. The average Bonchev–Trinajstić information content (AvgIpc) is 2.46. The van der Waals surface area contributed by atoms with E-state index in [-0.39, 0.29) is 6.54 Å². The highest BCUT2D eigenvalue weighted by Crippen LogP contribution is 2.19. The number of thioether (sulfide) groups is 1. The number of nitrogens with one attached hydrogen (secondary N) is 1. The maximum absolute atomic E-state index is 12.2. The number of halogens is 3. The Labute approximate surface area is 134 Å². The molecular formula is C15H22F3N3S. The van der Waals surface area contributed by atoms with E-state index in [0.717, 1.165) is 5.56 Å². The minimum absolute atomic E-state index is 0.262. The Balaban J connectivity index is 2.66. The van der Waals surface area contributed by atoms with Crippen LogP contribution in [0.1, 0.15) is 18.9 Å². The third-order valence-electron chi connectivity index (χ3n) is 2.93. The minimum atomic E-state index is -4.17. The molecule has 1 aromatic rings. The zero-order valence-corrected chi connectivity index (χ0v) is 13.9. The Bertz CT molecular complexity index is 472. The van der Waals surface area contributed by atoms with Gasteiger partial charge in [-0.2, -0.15) is 13.2 Å². The lowest BCUT2D eigenvalue weighted by Crippen LogP contribution is -2.38. The summed E-state index contributed by atoms with van der Waals surface area (Å²) < 4.78 is 36.6. The van der Waals surface area contributed by atoms with Gasteiger partial charge < -0.3 is 10.2 Å². The smallest absolute Gasteiger partial charge is 0.357 e. The Morgan fingerprint density at radius 1 is 1.27 bits per heavy atom. The fourth-order valence-electron chi connectivity index (χ4n) is 1.84. The lowest BCUT2D eigenvalue weighted by molar-refractivity contribution is -0.132. The average molecular weight is 333 g/mol. The Morgan fingerprint density at radius 3 is 2.41 bits per heavy atom. The second kappa shape index (κ2) is 8.92. The number of hydrogen-bond acceptors (Lipinski definition) is 2. The lowest BCUT2D eigenvalue weighted by Gasteiger charge is -2.22. The Hall–Kier alpha value is -1.37. The third kappa shape index (κ3) is 7.06. The van der Waals surface area contributed by atoms with E-state index in [9.17, 15) is 13.2 Å². The summed E-state index contributed by atoms with van der Waals surface area (Å²) >= 11 is 1.67. The molecule has 0 amide bonds. The van der Waals surface area contributed by atoms with Gasteiger partial charge in [-0.25, -0.2) is 0 Å². The zero-order valence-electron chi connectivity index (χ0n) is 13.1. The van der Waals surface area contributed by atoms with Gasteiger partial charge in [0.05, 0.1) is 13.0 Å². The maximum atomic E-state index is 12.2. The number of benzene rings is 1. The summed E-state index contributed by atoms with van der Waals surface area (Å²) in [6.45, 7) is 2.83. The van der Waals surface area contributed by atoms with Crippen LogP contribution in [0, 0.1) is 0 Å². The largest absolute Gasteiger partial charge is 0.390 e. The van der Waals surface area contributed by atoms with E-state index in [4.69, 9.17) is 0 Å². The molecule has 0 bridgehead atoms. The van der Waals surface area contributed by atoms with Crippen LogP contribution in [-0.4, -0.2) is 43.4 Å². The summed E-state index contributed by atoms with van der Waals surface area (Å²) in [5.74, 6) is 0.487. The monoisotopic (exact) mass is 333 g/mol. The minimum Gasteiger partial charge on any atom is -0.357 e. The molecule has 0 unspecified atom stereocenters. The highest BCUT2D eigenvalue weighted by atomic mass is 32.2. The number of guanidine groups is 1. The molecule has 0 radical (unpaired) electrons. The SMILES string of the molecule is CCNC(=NCCC(F)(F)F)N(C)Cc1ccc(SC)cc1. The van der Waals surface area contributed by atoms with Crippen molar-refractivity contribution in [2.24, 2.45) is 4.99 Å². The molecular weight excluding hydrogens is 311 g/mol. The van der Waals surface area contributed by atoms with Crippen LogP contribution in [0.15, 0.2) is 34.2 Å². The highest BCUT2D eigenvalue weighted by molar-refractivity contribution is 7.98. The second-order valence-corrected chi connectivity index (χ2v) is 5.68. The molecule has 124 valence electrons. The number of nitrogens with zero attached hydrogens (tertiary/aromatic N) is 2. The van der Waals surface area contributed by atoms with Gasteiger partial charge in [0.2, 0.25) is 0 Å². The first kappa shape index (κ1) is 18.7. The molecule has 0 heterocycles. The molecule has 0 saturated carbocycles. The summed E-state index contributed by atoms with van der Waals surface area (Å²) in [6, 6.07) is 8.09. The highest BCUT2D eigenvalue weighted by Gasteiger charge is 2.26. The van der Waals surface area contributed by atoms with E-state index in [1.54, 1.807) is 11.8 Å². The molecule has 0 fully saturated rings. The first-order chi connectivity index (χ1) is 10.4. The maximum Gasteiger partial charge on any atom is 0.390 e. The lowest BCUT2D eigenvalue weighted by atomic mass is 10.2. The van der Waals surface area contributed by atoms with Crippen molar-refractivity contribution in [3.05, 3.63) is 29.8 Å². The molecule has 0 aliphatic heterocycles. The summed E-state index contributed by atoms with van der Waals surface area (Å²) in [7, 11) is 1.82.